The lowest BCUT2D eigenvalue weighted by atomic mass is 10.1. The molecule has 1 saturated carbocycles. The maximum Gasteiger partial charge on any atom is 0.332 e. The minimum atomic E-state index is -0.837. The molecule has 4 atom stereocenters. The van der Waals surface area contributed by atoms with E-state index in [1.54, 1.807) is 0 Å². The van der Waals surface area contributed by atoms with Gasteiger partial charge >= 0.3 is 5.97 Å². The maximum atomic E-state index is 10.8. The fourth-order valence-corrected chi connectivity index (χ4v) is 2.81. The molecular formula is C15H19NO3. The predicted octanol–water partition coefficient (Wildman–Crippen LogP) is 1.76. The summed E-state index contributed by atoms with van der Waals surface area (Å²) in [5, 5.41) is 12.4. The van der Waals surface area contributed by atoms with Crippen molar-refractivity contribution in [2.45, 2.75) is 43.4 Å². The van der Waals surface area contributed by atoms with Gasteiger partial charge in [0, 0.05) is 18.5 Å². The molecule has 3 rings (SSSR count). The Morgan fingerprint density at radius 3 is 2.79 bits per heavy atom. The number of carboxylic acids is 1. The Morgan fingerprint density at radius 2 is 2.11 bits per heavy atom. The van der Waals surface area contributed by atoms with Crippen LogP contribution in [0.2, 0.25) is 0 Å². The van der Waals surface area contributed by atoms with Gasteiger partial charge in [0.1, 0.15) is 0 Å². The molecule has 102 valence electrons. The molecule has 4 heteroatoms. The van der Waals surface area contributed by atoms with Crippen LogP contribution in [-0.4, -0.2) is 35.9 Å². The van der Waals surface area contributed by atoms with Crippen LogP contribution in [0.15, 0.2) is 30.3 Å². The standard InChI is InChI=1S/C15H19NO3/c17-15(18)14-7-6-11(19-14)9-16-13-8-12(13)10-4-2-1-3-5-10/h1-5,11-14,16H,6-9H2,(H,17,18). The van der Waals surface area contributed by atoms with E-state index in [9.17, 15) is 4.79 Å². The highest BCUT2D eigenvalue weighted by Gasteiger charge is 2.39. The SMILES string of the molecule is O=C(O)C1CCC(CNC2CC2c2ccccc2)O1. The van der Waals surface area contributed by atoms with Gasteiger partial charge in [-0.25, -0.2) is 4.79 Å². The molecule has 1 aliphatic heterocycles. The Kier molecular flexibility index (Phi) is 3.53. The number of carbonyl (C=O) groups is 1. The summed E-state index contributed by atoms with van der Waals surface area (Å²) in [4.78, 5) is 10.8. The van der Waals surface area contributed by atoms with Crippen LogP contribution < -0.4 is 5.32 Å². The molecule has 0 amide bonds. The summed E-state index contributed by atoms with van der Waals surface area (Å²) < 4.78 is 5.48. The van der Waals surface area contributed by atoms with Gasteiger partial charge in [-0.2, -0.15) is 0 Å². The molecule has 1 aromatic carbocycles. The summed E-state index contributed by atoms with van der Waals surface area (Å²) in [6.07, 6.45) is 2.09. The minimum Gasteiger partial charge on any atom is -0.479 e. The van der Waals surface area contributed by atoms with Gasteiger partial charge in [0.15, 0.2) is 6.10 Å². The molecule has 4 nitrogen and oxygen atoms in total. The molecule has 1 aliphatic carbocycles. The molecular weight excluding hydrogens is 242 g/mol. The number of rotatable bonds is 5. The highest BCUT2D eigenvalue weighted by Crippen LogP contribution is 2.40. The van der Waals surface area contributed by atoms with Crippen LogP contribution >= 0.6 is 0 Å². The lowest BCUT2D eigenvalue weighted by molar-refractivity contribution is -0.149. The first-order valence-electron chi connectivity index (χ1n) is 6.90. The second-order valence-corrected chi connectivity index (χ2v) is 5.43. The van der Waals surface area contributed by atoms with Crippen LogP contribution in [0.25, 0.3) is 0 Å². The predicted molar refractivity (Wildman–Crippen MR) is 71.1 cm³/mol. The smallest absolute Gasteiger partial charge is 0.332 e. The van der Waals surface area contributed by atoms with Crippen molar-refractivity contribution < 1.29 is 14.6 Å². The van der Waals surface area contributed by atoms with Crippen LogP contribution in [-0.2, 0) is 9.53 Å². The van der Waals surface area contributed by atoms with Crippen molar-refractivity contribution in [1.29, 1.82) is 0 Å². The summed E-state index contributed by atoms with van der Waals surface area (Å²) in [7, 11) is 0. The maximum absolute atomic E-state index is 10.8. The number of carboxylic acid groups (broad SMARTS) is 1. The first kappa shape index (κ1) is 12.6. The molecule has 2 aliphatic rings. The van der Waals surface area contributed by atoms with E-state index in [2.05, 4.69) is 29.6 Å². The van der Waals surface area contributed by atoms with Crippen molar-refractivity contribution in [3.63, 3.8) is 0 Å². The highest BCUT2D eigenvalue weighted by atomic mass is 16.5. The largest absolute Gasteiger partial charge is 0.479 e. The second kappa shape index (κ2) is 5.31. The molecule has 1 saturated heterocycles. The molecule has 0 aromatic heterocycles. The normalized spacial score (nSPS) is 33.3. The average Bonchev–Trinajstić information content (AvgIpc) is 3.05. The van der Waals surface area contributed by atoms with Crippen LogP contribution in [0.5, 0.6) is 0 Å². The molecule has 0 bridgehead atoms. The van der Waals surface area contributed by atoms with E-state index < -0.39 is 12.1 Å². The zero-order valence-electron chi connectivity index (χ0n) is 10.8. The summed E-state index contributed by atoms with van der Waals surface area (Å²) in [5.74, 6) is -0.228. The van der Waals surface area contributed by atoms with Gasteiger partial charge in [0.2, 0.25) is 0 Å². The molecule has 1 aromatic rings. The van der Waals surface area contributed by atoms with Crippen molar-refractivity contribution >= 4 is 5.97 Å². The first-order chi connectivity index (χ1) is 9.24. The summed E-state index contributed by atoms with van der Waals surface area (Å²) in [6, 6.07) is 11.0. The average molecular weight is 261 g/mol. The monoisotopic (exact) mass is 261 g/mol. The van der Waals surface area contributed by atoms with Gasteiger partial charge in [-0.3, -0.25) is 0 Å². The second-order valence-electron chi connectivity index (χ2n) is 5.43. The summed E-state index contributed by atoms with van der Waals surface area (Å²) in [5.41, 5.74) is 1.38. The Hall–Kier alpha value is -1.39. The fraction of sp³-hybridized carbons (Fsp3) is 0.533. The van der Waals surface area contributed by atoms with E-state index in [0.717, 1.165) is 13.0 Å². The van der Waals surface area contributed by atoms with Gasteiger partial charge in [0.25, 0.3) is 0 Å². The number of hydrogen-bond donors (Lipinski definition) is 2. The van der Waals surface area contributed by atoms with Gasteiger partial charge < -0.3 is 15.2 Å². The van der Waals surface area contributed by atoms with E-state index >= 15 is 0 Å². The quantitative estimate of drug-likeness (QED) is 0.848. The first-order valence-corrected chi connectivity index (χ1v) is 6.90. The van der Waals surface area contributed by atoms with Gasteiger partial charge in [-0.1, -0.05) is 30.3 Å². The molecule has 0 spiro atoms. The summed E-state index contributed by atoms with van der Waals surface area (Å²) in [6.45, 7) is 0.762. The van der Waals surface area contributed by atoms with Crippen molar-refractivity contribution in [3.8, 4) is 0 Å². The third-order valence-electron chi connectivity index (χ3n) is 4.01. The van der Waals surface area contributed by atoms with E-state index in [0.29, 0.717) is 18.4 Å². The van der Waals surface area contributed by atoms with Gasteiger partial charge in [-0.15, -0.1) is 0 Å². The van der Waals surface area contributed by atoms with Crippen LogP contribution in [0.1, 0.15) is 30.7 Å². The van der Waals surface area contributed by atoms with E-state index in [1.165, 1.54) is 12.0 Å². The zero-order valence-corrected chi connectivity index (χ0v) is 10.8. The zero-order chi connectivity index (χ0) is 13.2. The number of ether oxygens (including phenoxy) is 1. The summed E-state index contributed by atoms with van der Waals surface area (Å²) >= 11 is 0. The Morgan fingerprint density at radius 1 is 1.32 bits per heavy atom. The van der Waals surface area contributed by atoms with Gasteiger partial charge in [0.05, 0.1) is 6.10 Å². The van der Waals surface area contributed by atoms with Crippen molar-refractivity contribution in [2.75, 3.05) is 6.54 Å². The molecule has 0 radical (unpaired) electrons. The topological polar surface area (TPSA) is 58.6 Å². The van der Waals surface area contributed by atoms with Crippen molar-refractivity contribution in [3.05, 3.63) is 35.9 Å². The Bertz CT molecular complexity index is 448. The number of benzene rings is 1. The Labute approximate surface area is 112 Å². The van der Waals surface area contributed by atoms with E-state index in [4.69, 9.17) is 9.84 Å². The number of hydrogen-bond acceptors (Lipinski definition) is 3. The molecule has 1 heterocycles. The fourth-order valence-electron chi connectivity index (χ4n) is 2.81. The molecule has 4 unspecified atom stereocenters. The van der Waals surface area contributed by atoms with Crippen LogP contribution in [0.3, 0.4) is 0 Å². The lowest BCUT2D eigenvalue weighted by Gasteiger charge is -2.12. The minimum absolute atomic E-state index is 0.0538. The van der Waals surface area contributed by atoms with Crippen molar-refractivity contribution in [2.24, 2.45) is 0 Å². The Balaban J connectivity index is 1.42. The van der Waals surface area contributed by atoms with Gasteiger partial charge in [-0.05, 0) is 24.8 Å². The molecule has 2 N–H and O–H groups in total. The highest BCUT2D eigenvalue weighted by molar-refractivity contribution is 5.72. The molecule has 19 heavy (non-hydrogen) atoms. The number of aliphatic carboxylic acids is 1. The van der Waals surface area contributed by atoms with Crippen molar-refractivity contribution in [1.82, 2.24) is 5.32 Å². The lowest BCUT2D eigenvalue weighted by Crippen LogP contribution is -2.30. The third-order valence-corrected chi connectivity index (χ3v) is 4.01. The van der Waals surface area contributed by atoms with Crippen LogP contribution in [0.4, 0.5) is 0 Å². The van der Waals surface area contributed by atoms with E-state index in [-0.39, 0.29) is 6.10 Å². The van der Waals surface area contributed by atoms with Crippen LogP contribution in [0, 0.1) is 0 Å². The third kappa shape index (κ3) is 2.96. The van der Waals surface area contributed by atoms with E-state index in [1.807, 2.05) is 6.07 Å². The molecule has 2 fully saturated rings. The number of nitrogens with one attached hydrogen (secondary N) is 1.